The van der Waals surface area contributed by atoms with Crippen molar-refractivity contribution >= 4 is 0 Å². The normalized spacial score (nSPS) is 23.9. The Morgan fingerprint density at radius 1 is 1.20 bits per heavy atom. The maximum Gasteiger partial charge on any atom is 0.0494 e. The molecule has 1 heterocycles. The minimum absolute atomic E-state index is 0.522. The molecule has 1 saturated carbocycles. The van der Waals surface area contributed by atoms with E-state index in [1.807, 2.05) is 0 Å². The van der Waals surface area contributed by atoms with Gasteiger partial charge in [-0.1, -0.05) is 30.3 Å². The predicted octanol–water partition coefficient (Wildman–Crippen LogP) is 2.45. The fourth-order valence-corrected chi connectivity index (χ4v) is 2.92. The molecule has 1 atom stereocenters. The quantitative estimate of drug-likeness (QED) is 0.773. The Hall–Kier alpha value is -0.900. The van der Waals surface area contributed by atoms with Gasteiger partial charge in [-0.25, -0.2) is 0 Å². The number of nitrogens with one attached hydrogen (secondary N) is 1. The Morgan fingerprint density at radius 2 is 2.05 bits per heavy atom. The van der Waals surface area contributed by atoms with Crippen molar-refractivity contribution in [3.63, 3.8) is 0 Å². The standard InChI is InChI=1S/C17H26N2O/c1-2-5-16(6-3-1)17-13-18-9-11-19(17)10-4-12-20-14-15-7-8-15/h1-3,5-6,15,17-18H,4,7-14H2. The summed E-state index contributed by atoms with van der Waals surface area (Å²) in [5.74, 6) is 0.881. The first-order chi connectivity index (χ1) is 9.93. The molecule has 1 aliphatic heterocycles. The molecular formula is C17H26N2O. The number of nitrogens with zero attached hydrogens (tertiary/aromatic N) is 1. The smallest absolute Gasteiger partial charge is 0.0494 e. The fourth-order valence-electron chi connectivity index (χ4n) is 2.92. The molecule has 3 nitrogen and oxygen atoms in total. The van der Waals surface area contributed by atoms with E-state index in [-0.39, 0.29) is 0 Å². The van der Waals surface area contributed by atoms with E-state index in [2.05, 4.69) is 40.5 Å². The first-order valence-electron chi connectivity index (χ1n) is 8.01. The number of hydrogen-bond donors (Lipinski definition) is 1. The van der Waals surface area contributed by atoms with Crippen molar-refractivity contribution < 1.29 is 4.74 Å². The molecular weight excluding hydrogens is 248 g/mol. The second-order valence-corrected chi connectivity index (χ2v) is 6.04. The van der Waals surface area contributed by atoms with Crippen LogP contribution in [-0.2, 0) is 4.74 Å². The zero-order chi connectivity index (χ0) is 13.6. The average Bonchev–Trinajstić information content (AvgIpc) is 3.32. The number of benzene rings is 1. The van der Waals surface area contributed by atoms with E-state index < -0.39 is 0 Å². The molecule has 20 heavy (non-hydrogen) atoms. The average molecular weight is 274 g/mol. The van der Waals surface area contributed by atoms with Gasteiger partial charge in [-0.3, -0.25) is 4.90 Å². The minimum Gasteiger partial charge on any atom is -0.381 e. The Kier molecular flexibility index (Phi) is 5.06. The summed E-state index contributed by atoms with van der Waals surface area (Å²) < 4.78 is 5.75. The van der Waals surface area contributed by atoms with E-state index in [0.29, 0.717) is 6.04 Å². The van der Waals surface area contributed by atoms with Gasteiger partial charge in [-0.05, 0) is 30.7 Å². The van der Waals surface area contributed by atoms with Gasteiger partial charge < -0.3 is 10.1 Å². The van der Waals surface area contributed by atoms with Crippen LogP contribution in [0.2, 0.25) is 0 Å². The maximum absolute atomic E-state index is 5.75. The summed E-state index contributed by atoms with van der Waals surface area (Å²) in [4.78, 5) is 2.60. The third kappa shape index (κ3) is 4.05. The van der Waals surface area contributed by atoms with Crippen LogP contribution >= 0.6 is 0 Å². The Balaban J connectivity index is 1.45. The SMILES string of the molecule is c1ccc(C2CNCCN2CCCOCC2CC2)cc1. The van der Waals surface area contributed by atoms with Crippen LogP contribution in [0.5, 0.6) is 0 Å². The van der Waals surface area contributed by atoms with Crippen molar-refractivity contribution in [3.8, 4) is 0 Å². The molecule has 0 amide bonds. The number of piperazine rings is 1. The molecule has 1 saturated heterocycles. The van der Waals surface area contributed by atoms with Crippen LogP contribution < -0.4 is 5.32 Å². The lowest BCUT2D eigenvalue weighted by molar-refractivity contribution is 0.0973. The molecule has 0 spiro atoms. The van der Waals surface area contributed by atoms with E-state index in [4.69, 9.17) is 4.74 Å². The minimum atomic E-state index is 0.522. The lowest BCUT2D eigenvalue weighted by atomic mass is 10.0. The fraction of sp³-hybridized carbons (Fsp3) is 0.647. The molecule has 3 rings (SSSR count). The maximum atomic E-state index is 5.75. The van der Waals surface area contributed by atoms with Crippen LogP contribution in [-0.4, -0.2) is 44.3 Å². The van der Waals surface area contributed by atoms with Crippen LogP contribution in [0.25, 0.3) is 0 Å². The molecule has 110 valence electrons. The van der Waals surface area contributed by atoms with Crippen molar-refractivity contribution in [1.82, 2.24) is 10.2 Å². The molecule has 1 unspecified atom stereocenters. The summed E-state index contributed by atoms with van der Waals surface area (Å²) in [5.41, 5.74) is 1.43. The van der Waals surface area contributed by atoms with Crippen LogP contribution in [0.4, 0.5) is 0 Å². The van der Waals surface area contributed by atoms with Crippen LogP contribution in [0.3, 0.4) is 0 Å². The molecule has 3 heteroatoms. The van der Waals surface area contributed by atoms with Gasteiger partial charge >= 0.3 is 0 Å². The first kappa shape index (κ1) is 14.1. The second kappa shape index (κ2) is 7.21. The summed E-state index contributed by atoms with van der Waals surface area (Å²) in [6, 6.07) is 11.4. The molecule has 1 aliphatic carbocycles. The summed E-state index contributed by atoms with van der Waals surface area (Å²) >= 11 is 0. The Bertz CT molecular complexity index is 391. The molecule has 0 radical (unpaired) electrons. The summed E-state index contributed by atoms with van der Waals surface area (Å²) in [6.07, 6.45) is 3.91. The van der Waals surface area contributed by atoms with E-state index in [1.54, 1.807) is 0 Å². The van der Waals surface area contributed by atoms with Crippen molar-refractivity contribution in [3.05, 3.63) is 35.9 Å². The lowest BCUT2D eigenvalue weighted by Crippen LogP contribution is -2.46. The van der Waals surface area contributed by atoms with Gasteiger partial charge in [0.15, 0.2) is 0 Å². The molecule has 2 aliphatic rings. The monoisotopic (exact) mass is 274 g/mol. The van der Waals surface area contributed by atoms with E-state index in [0.717, 1.165) is 51.7 Å². The molecule has 0 bridgehead atoms. The van der Waals surface area contributed by atoms with Crippen molar-refractivity contribution in [2.45, 2.75) is 25.3 Å². The van der Waals surface area contributed by atoms with Crippen LogP contribution in [0.1, 0.15) is 30.9 Å². The van der Waals surface area contributed by atoms with Crippen molar-refractivity contribution in [2.75, 3.05) is 39.4 Å². The third-order valence-electron chi connectivity index (χ3n) is 4.32. The summed E-state index contributed by atoms with van der Waals surface area (Å²) in [6.45, 7) is 6.36. The van der Waals surface area contributed by atoms with Crippen LogP contribution in [0.15, 0.2) is 30.3 Å². The van der Waals surface area contributed by atoms with Gasteiger partial charge in [-0.2, -0.15) is 0 Å². The highest BCUT2D eigenvalue weighted by Crippen LogP contribution is 2.28. The predicted molar refractivity (Wildman–Crippen MR) is 81.8 cm³/mol. The number of rotatable bonds is 7. The van der Waals surface area contributed by atoms with E-state index >= 15 is 0 Å². The molecule has 1 aromatic carbocycles. The Morgan fingerprint density at radius 3 is 2.85 bits per heavy atom. The van der Waals surface area contributed by atoms with E-state index in [1.165, 1.54) is 18.4 Å². The Labute approximate surface area is 122 Å². The molecule has 2 fully saturated rings. The zero-order valence-corrected chi connectivity index (χ0v) is 12.3. The number of hydrogen-bond acceptors (Lipinski definition) is 3. The van der Waals surface area contributed by atoms with Gasteiger partial charge in [0.25, 0.3) is 0 Å². The van der Waals surface area contributed by atoms with E-state index in [9.17, 15) is 0 Å². The molecule has 1 N–H and O–H groups in total. The van der Waals surface area contributed by atoms with Crippen molar-refractivity contribution in [2.24, 2.45) is 5.92 Å². The van der Waals surface area contributed by atoms with Gasteiger partial charge in [0.1, 0.15) is 0 Å². The third-order valence-corrected chi connectivity index (χ3v) is 4.32. The van der Waals surface area contributed by atoms with Gasteiger partial charge in [0, 0.05) is 45.4 Å². The zero-order valence-electron chi connectivity index (χ0n) is 12.3. The van der Waals surface area contributed by atoms with Crippen molar-refractivity contribution in [1.29, 1.82) is 0 Å². The highest BCUT2D eigenvalue weighted by molar-refractivity contribution is 5.20. The van der Waals surface area contributed by atoms with Crippen LogP contribution in [0, 0.1) is 5.92 Å². The topological polar surface area (TPSA) is 24.5 Å². The largest absolute Gasteiger partial charge is 0.381 e. The van der Waals surface area contributed by atoms with Gasteiger partial charge in [0.05, 0.1) is 0 Å². The lowest BCUT2D eigenvalue weighted by Gasteiger charge is -2.36. The second-order valence-electron chi connectivity index (χ2n) is 6.04. The number of ether oxygens (including phenoxy) is 1. The summed E-state index contributed by atoms with van der Waals surface area (Å²) in [5, 5.41) is 3.52. The molecule has 0 aromatic heterocycles. The highest BCUT2D eigenvalue weighted by atomic mass is 16.5. The van der Waals surface area contributed by atoms with Gasteiger partial charge in [0.2, 0.25) is 0 Å². The van der Waals surface area contributed by atoms with Gasteiger partial charge in [-0.15, -0.1) is 0 Å². The highest BCUT2D eigenvalue weighted by Gasteiger charge is 2.23. The first-order valence-corrected chi connectivity index (χ1v) is 8.01. The summed E-state index contributed by atoms with van der Waals surface area (Å²) in [7, 11) is 0. The molecule has 1 aromatic rings.